The van der Waals surface area contributed by atoms with Gasteiger partial charge in [0.05, 0.1) is 0 Å². The summed E-state index contributed by atoms with van der Waals surface area (Å²) >= 11 is 0. The molecule has 1 fully saturated rings. The van der Waals surface area contributed by atoms with Crippen LogP contribution in [-0.4, -0.2) is 130 Å². The number of carbonyl (C=O) groups is 6. The zero-order valence-corrected chi connectivity index (χ0v) is 26.3. The summed E-state index contributed by atoms with van der Waals surface area (Å²) in [7, 11) is -15.3. The van der Waals surface area contributed by atoms with Crippen molar-refractivity contribution in [3.05, 3.63) is 0 Å². The Bertz CT molecular complexity index is 563. The van der Waals surface area contributed by atoms with E-state index in [4.69, 9.17) is 0 Å². The van der Waals surface area contributed by atoms with E-state index in [1.165, 1.54) is 0 Å². The molecule has 0 aromatic rings. The van der Waals surface area contributed by atoms with Crippen LogP contribution in [0.15, 0.2) is 0 Å². The first-order chi connectivity index (χ1) is 13.8. The molecule has 1 aliphatic rings. The van der Waals surface area contributed by atoms with Crippen molar-refractivity contribution in [2.24, 2.45) is 0 Å². The SMILES string of the molecule is O=C(O)C[As]1[As](CC(=O)O)[As](CC(=O)O)[As](CC(=O)O)[As](CC(=O)O)[As]1CC(=O)O. The van der Waals surface area contributed by atoms with Gasteiger partial charge in [0.25, 0.3) is 0 Å². The summed E-state index contributed by atoms with van der Waals surface area (Å²) in [4.78, 5) is 69.3. The molecule has 6 N–H and O–H groups in total. The van der Waals surface area contributed by atoms with Crippen LogP contribution in [0.1, 0.15) is 0 Å². The second kappa shape index (κ2) is 13.0. The zero-order valence-electron chi connectivity index (χ0n) is 15.1. The predicted octanol–water partition coefficient (Wildman–Crippen LogP) is -2.05. The normalized spacial score (nSPS) is 28.4. The van der Waals surface area contributed by atoms with E-state index >= 15 is 0 Å². The van der Waals surface area contributed by atoms with Crippen LogP contribution in [0, 0.1) is 0 Å². The van der Waals surface area contributed by atoms with Gasteiger partial charge < -0.3 is 0 Å². The average Bonchev–Trinajstić information content (AvgIpc) is 2.55. The fourth-order valence-corrected chi connectivity index (χ4v) is 781. The molecule has 1 aliphatic heterocycles. The van der Waals surface area contributed by atoms with E-state index in [1.807, 2.05) is 0 Å². The summed E-state index contributed by atoms with van der Waals surface area (Å²) in [5, 5.41) is 54.6. The monoisotopic (exact) mass is 804 g/mol. The minimum atomic E-state index is -2.56. The van der Waals surface area contributed by atoms with E-state index in [2.05, 4.69) is 0 Å². The van der Waals surface area contributed by atoms with Crippen LogP contribution in [-0.2, 0) is 28.8 Å². The van der Waals surface area contributed by atoms with E-state index < -0.39 is 98.9 Å². The van der Waals surface area contributed by atoms with E-state index in [-0.39, 0.29) is 31.3 Å². The Hall–Kier alpha value is 0.171. The van der Waals surface area contributed by atoms with E-state index in [1.54, 1.807) is 0 Å². The molecule has 1 saturated heterocycles. The molecule has 18 heteroatoms. The molecular formula is C12H18As6O12. The van der Waals surface area contributed by atoms with Crippen LogP contribution in [0.25, 0.3) is 0 Å². The van der Waals surface area contributed by atoms with Gasteiger partial charge in [-0.05, 0) is 0 Å². The van der Waals surface area contributed by atoms with Crippen LogP contribution in [0.2, 0.25) is 31.3 Å². The van der Waals surface area contributed by atoms with Crippen LogP contribution in [0.3, 0.4) is 0 Å². The van der Waals surface area contributed by atoms with Crippen molar-refractivity contribution in [3.8, 4) is 0 Å². The van der Waals surface area contributed by atoms with Crippen molar-refractivity contribution >= 4 is 98.9 Å². The quantitative estimate of drug-likeness (QED) is 0.117. The third-order valence-corrected chi connectivity index (χ3v) is 325. The summed E-state index contributed by atoms with van der Waals surface area (Å²) in [5.74, 6) is -7.10. The Morgan fingerprint density at radius 2 is 0.433 bits per heavy atom. The molecule has 12 nitrogen and oxygen atoms in total. The Balaban J connectivity index is 3.66. The van der Waals surface area contributed by atoms with Gasteiger partial charge in [-0.15, -0.1) is 0 Å². The Morgan fingerprint density at radius 1 is 0.333 bits per heavy atom. The van der Waals surface area contributed by atoms with Crippen molar-refractivity contribution in [3.63, 3.8) is 0 Å². The Labute approximate surface area is 187 Å². The second-order valence-corrected chi connectivity index (χ2v) is 128. The van der Waals surface area contributed by atoms with Gasteiger partial charge in [-0.1, -0.05) is 0 Å². The summed E-state index contributed by atoms with van der Waals surface area (Å²) in [6.45, 7) is 0. The van der Waals surface area contributed by atoms with Crippen LogP contribution in [0.5, 0.6) is 0 Å². The number of carboxylic acids is 6. The van der Waals surface area contributed by atoms with Gasteiger partial charge in [-0.3, -0.25) is 0 Å². The first kappa shape index (κ1) is 28.2. The Kier molecular flexibility index (Phi) is 12.2. The van der Waals surface area contributed by atoms with E-state index in [0.29, 0.717) is 0 Å². The molecule has 0 atom stereocenters. The van der Waals surface area contributed by atoms with E-state index in [0.717, 1.165) is 0 Å². The van der Waals surface area contributed by atoms with Gasteiger partial charge in [0.2, 0.25) is 0 Å². The van der Waals surface area contributed by atoms with Crippen molar-refractivity contribution < 1.29 is 59.4 Å². The van der Waals surface area contributed by atoms with Gasteiger partial charge >= 0.3 is 190 Å². The summed E-state index contributed by atoms with van der Waals surface area (Å²) in [5.41, 5.74) is 0. The minimum absolute atomic E-state index is 0.321. The van der Waals surface area contributed by atoms with Gasteiger partial charge in [-0.2, -0.15) is 0 Å². The maximum absolute atomic E-state index is 11.6. The van der Waals surface area contributed by atoms with Crippen LogP contribution < -0.4 is 0 Å². The first-order valence-electron chi connectivity index (χ1n) is 7.79. The third-order valence-electron chi connectivity index (χ3n) is 3.26. The van der Waals surface area contributed by atoms with Crippen molar-refractivity contribution in [2.75, 3.05) is 0 Å². The molecule has 0 aliphatic carbocycles. The standard InChI is InChI=1S/C12H18As6O12/c19-7(20)1-13-14(2-8(21)22)16(4-10(25)26)18(6-12(29)30)17(5-11(27)28)15(13)3-9(23)24/h1-6H2,(H,19,20)(H,21,22)(H,23,24)(H,25,26)(H,27,28)(H,29,30). The van der Waals surface area contributed by atoms with E-state index in [9.17, 15) is 59.4 Å². The molecule has 0 unspecified atom stereocenters. The van der Waals surface area contributed by atoms with Gasteiger partial charge in [0.15, 0.2) is 0 Å². The molecule has 0 aromatic carbocycles. The average molecular weight is 804 g/mol. The molecule has 1 rings (SSSR count). The van der Waals surface area contributed by atoms with Gasteiger partial charge in [0.1, 0.15) is 0 Å². The number of rotatable bonds is 12. The molecule has 0 amide bonds. The van der Waals surface area contributed by atoms with Crippen molar-refractivity contribution in [2.45, 2.75) is 31.3 Å². The van der Waals surface area contributed by atoms with Crippen molar-refractivity contribution in [1.82, 2.24) is 0 Å². The van der Waals surface area contributed by atoms with Crippen molar-refractivity contribution in [1.29, 1.82) is 0 Å². The molecule has 1 heterocycles. The fourth-order valence-electron chi connectivity index (χ4n) is 2.42. The predicted molar refractivity (Wildman–Crippen MR) is 109 cm³/mol. The number of hydrogen-bond acceptors (Lipinski definition) is 6. The molecule has 30 heavy (non-hydrogen) atoms. The molecule has 168 valence electrons. The Morgan fingerprint density at radius 3 is 0.500 bits per heavy atom. The molecular weight excluding hydrogens is 786 g/mol. The molecule has 0 saturated carbocycles. The third kappa shape index (κ3) is 8.96. The fraction of sp³-hybridized carbons (Fsp3) is 0.500. The second-order valence-electron chi connectivity index (χ2n) is 5.54. The molecule has 0 aromatic heterocycles. The number of carboxylic acid groups (broad SMARTS) is 6. The topological polar surface area (TPSA) is 224 Å². The maximum atomic E-state index is 11.6. The molecule has 0 bridgehead atoms. The van der Waals surface area contributed by atoms with Crippen LogP contribution >= 0.6 is 0 Å². The van der Waals surface area contributed by atoms with Gasteiger partial charge in [0, 0.05) is 0 Å². The zero-order chi connectivity index (χ0) is 23.2. The summed E-state index contributed by atoms with van der Waals surface area (Å²) < 4.78 is 0. The summed E-state index contributed by atoms with van der Waals surface area (Å²) in [6.07, 6.45) is 0. The summed E-state index contributed by atoms with van der Waals surface area (Å²) in [6, 6.07) is 0. The number of aliphatic carboxylic acids is 6. The first-order valence-corrected chi connectivity index (χ1v) is 46.9. The molecule has 0 spiro atoms. The molecule has 0 radical (unpaired) electrons. The van der Waals surface area contributed by atoms with Gasteiger partial charge in [-0.25, -0.2) is 0 Å². The van der Waals surface area contributed by atoms with Crippen LogP contribution in [0.4, 0.5) is 0 Å². The number of hydrogen-bond donors (Lipinski definition) is 6.